The molecule has 0 aliphatic carbocycles. The Balaban J connectivity index is 0.000000688. The van der Waals surface area contributed by atoms with Gasteiger partial charge in [-0.2, -0.15) is 0 Å². The highest BCUT2D eigenvalue weighted by atomic mass is 19.3. The van der Waals surface area contributed by atoms with Crippen molar-refractivity contribution in [2.24, 2.45) is 0 Å². The summed E-state index contributed by atoms with van der Waals surface area (Å²) in [5.74, 6) is -4.49. The first kappa shape index (κ1) is 21.8. The Morgan fingerprint density at radius 2 is 1.78 bits per heavy atom. The standard InChI is InChI=1S/C14H21F2N.C3H5F3/c1-3-17-10-5-4-7-11(2)12-8-6-9-13(15)14(12)16;1-3(5,6)2-4/h6,8-9,11,17H,3-5,7,10H2,1-2H3;2H2,1H3. The molecule has 1 N–H and O–H groups in total. The SMILES string of the molecule is CC(F)(F)CF.CCNCCCCC(C)c1cccc(F)c1F. The van der Waals surface area contributed by atoms with E-state index in [4.69, 9.17) is 0 Å². The van der Waals surface area contributed by atoms with E-state index >= 15 is 0 Å². The lowest BCUT2D eigenvalue weighted by molar-refractivity contribution is -0.00294. The fourth-order valence-electron chi connectivity index (χ4n) is 1.93. The van der Waals surface area contributed by atoms with E-state index in [1.54, 1.807) is 12.1 Å². The average Bonchev–Trinajstić information content (AvgIpc) is 2.49. The van der Waals surface area contributed by atoms with Crippen molar-refractivity contribution in [1.29, 1.82) is 0 Å². The predicted octanol–water partition coefficient (Wildman–Crippen LogP) is 5.46. The number of nitrogens with one attached hydrogen (secondary N) is 1. The molecule has 0 saturated heterocycles. The second-order valence-electron chi connectivity index (χ2n) is 5.60. The van der Waals surface area contributed by atoms with Gasteiger partial charge in [0.05, 0.1) is 0 Å². The lowest BCUT2D eigenvalue weighted by Gasteiger charge is -2.13. The fraction of sp³-hybridized carbons (Fsp3) is 0.647. The zero-order valence-electron chi connectivity index (χ0n) is 13.9. The molecule has 1 unspecified atom stereocenters. The summed E-state index contributed by atoms with van der Waals surface area (Å²) >= 11 is 0. The molecule has 0 aliphatic rings. The minimum absolute atomic E-state index is 0.0762. The maximum Gasteiger partial charge on any atom is 0.273 e. The summed E-state index contributed by atoms with van der Waals surface area (Å²) in [7, 11) is 0. The molecule has 23 heavy (non-hydrogen) atoms. The van der Waals surface area contributed by atoms with Gasteiger partial charge in [-0.1, -0.05) is 32.4 Å². The number of rotatable bonds is 8. The minimum atomic E-state index is -3.12. The molecular formula is C17H26F5N. The zero-order valence-corrected chi connectivity index (χ0v) is 13.9. The highest BCUT2D eigenvalue weighted by Gasteiger charge is 2.19. The number of alkyl halides is 3. The molecule has 0 saturated carbocycles. The topological polar surface area (TPSA) is 12.0 Å². The van der Waals surface area contributed by atoms with E-state index in [0.717, 1.165) is 38.4 Å². The van der Waals surface area contributed by atoms with Crippen molar-refractivity contribution in [2.45, 2.75) is 51.9 Å². The Kier molecular flexibility index (Phi) is 10.8. The van der Waals surface area contributed by atoms with Crippen LogP contribution in [0.15, 0.2) is 18.2 Å². The summed E-state index contributed by atoms with van der Waals surface area (Å²) in [6.07, 6.45) is 3.00. The molecule has 1 aromatic carbocycles. The first-order chi connectivity index (χ1) is 10.7. The summed E-state index contributed by atoms with van der Waals surface area (Å²) in [5, 5.41) is 3.25. The number of halogens is 5. The van der Waals surface area contributed by atoms with E-state index in [9.17, 15) is 22.0 Å². The van der Waals surface area contributed by atoms with Crippen LogP contribution in [0.5, 0.6) is 0 Å². The molecule has 0 spiro atoms. The van der Waals surface area contributed by atoms with E-state index in [1.165, 1.54) is 0 Å². The lowest BCUT2D eigenvalue weighted by Crippen LogP contribution is -2.14. The predicted molar refractivity (Wildman–Crippen MR) is 83.8 cm³/mol. The monoisotopic (exact) mass is 339 g/mol. The second-order valence-corrected chi connectivity index (χ2v) is 5.60. The molecule has 0 radical (unpaired) electrons. The van der Waals surface area contributed by atoms with Crippen LogP contribution in [0.1, 0.15) is 51.5 Å². The van der Waals surface area contributed by atoms with Gasteiger partial charge < -0.3 is 5.32 Å². The Bertz CT molecular complexity index is 431. The van der Waals surface area contributed by atoms with Crippen LogP contribution in [-0.2, 0) is 0 Å². The Labute approximate surface area is 135 Å². The smallest absolute Gasteiger partial charge is 0.273 e. The molecule has 1 nitrogen and oxygen atoms in total. The number of hydrogen-bond donors (Lipinski definition) is 1. The van der Waals surface area contributed by atoms with Crippen LogP contribution in [0.3, 0.4) is 0 Å². The van der Waals surface area contributed by atoms with Crippen LogP contribution >= 0.6 is 0 Å². The van der Waals surface area contributed by atoms with Crippen molar-refractivity contribution in [3.8, 4) is 0 Å². The minimum Gasteiger partial charge on any atom is -0.317 e. The van der Waals surface area contributed by atoms with Crippen molar-refractivity contribution < 1.29 is 22.0 Å². The van der Waals surface area contributed by atoms with Crippen molar-refractivity contribution in [3.05, 3.63) is 35.4 Å². The molecule has 1 atom stereocenters. The van der Waals surface area contributed by atoms with E-state index in [2.05, 4.69) is 12.2 Å². The second kappa shape index (κ2) is 11.4. The molecule has 6 heteroatoms. The van der Waals surface area contributed by atoms with E-state index in [-0.39, 0.29) is 5.92 Å². The van der Waals surface area contributed by atoms with E-state index in [0.29, 0.717) is 12.5 Å². The van der Waals surface area contributed by atoms with Gasteiger partial charge in [0.15, 0.2) is 18.3 Å². The van der Waals surface area contributed by atoms with Crippen LogP contribution in [0.25, 0.3) is 0 Å². The zero-order chi connectivity index (χ0) is 17.9. The van der Waals surface area contributed by atoms with Gasteiger partial charge in [0.2, 0.25) is 0 Å². The maximum absolute atomic E-state index is 13.5. The van der Waals surface area contributed by atoms with Gasteiger partial charge in [-0.15, -0.1) is 0 Å². The first-order valence-corrected chi connectivity index (χ1v) is 7.81. The number of hydrogen-bond acceptors (Lipinski definition) is 1. The maximum atomic E-state index is 13.5. The summed E-state index contributed by atoms with van der Waals surface area (Å²) in [6, 6.07) is 4.41. The van der Waals surface area contributed by atoms with Gasteiger partial charge in [-0.25, -0.2) is 22.0 Å². The highest BCUT2D eigenvalue weighted by molar-refractivity contribution is 5.22. The van der Waals surface area contributed by atoms with Gasteiger partial charge in [0, 0.05) is 6.92 Å². The molecule has 1 aromatic rings. The molecule has 0 heterocycles. The molecule has 1 rings (SSSR count). The average molecular weight is 339 g/mol. The summed E-state index contributed by atoms with van der Waals surface area (Å²) in [5.41, 5.74) is 0.494. The lowest BCUT2D eigenvalue weighted by atomic mass is 9.95. The third kappa shape index (κ3) is 10.3. The molecular weight excluding hydrogens is 313 g/mol. The Morgan fingerprint density at radius 1 is 1.17 bits per heavy atom. The van der Waals surface area contributed by atoms with E-state index < -0.39 is 24.2 Å². The van der Waals surface area contributed by atoms with E-state index in [1.807, 2.05) is 6.92 Å². The molecule has 0 aromatic heterocycles. The van der Waals surface area contributed by atoms with Crippen LogP contribution in [0, 0.1) is 11.6 Å². The van der Waals surface area contributed by atoms with Crippen molar-refractivity contribution >= 4 is 0 Å². The van der Waals surface area contributed by atoms with Crippen molar-refractivity contribution in [1.82, 2.24) is 5.32 Å². The Morgan fingerprint density at radius 3 is 2.30 bits per heavy atom. The summed E-state index contributed by atoms with van der Waals surface area (Å²) < 4.78 is 59.4. The normalized spacial score (nSPS) is 12.5. The van der Waals surface area contributed by atoms with Crippen LogP contribution in [0.2, 0.25) is 0 Å². The number of benzene rings is 1. The summed E-state index contributed by atoms with van der Waals surface area (Å²) in [6.45, 7) is 4.97. The molecule has 0 fully saturated rings. The largest absolute Gasteiger partial charge is 0.317 e. The van der Waals surface area contributed by atoms with Gasteiger partial charge in [-0.3, -0.25) is 0 Å². The molecule has 134 valence electrons. The van der Waals surface area contributed by atoms with Gasteiger partial charge in [0.25, 0.3) is 5.92 Å². The molecule has 0 bridgehead atoms. The fourth-order valence-corrected chi connectivity index (χ4v) is 1.93. The Hall–Kier alpha value is -1.17. The third-order valence-corrected chi connectivity index (χ3v) is 3.24. The quantitative estimate of drug-likeness (QED) is 0.490. The third-order valence-electron chi connectivity index (χ3n) is 3.24. The van der Waals surface area contributed by atoms with Gasteiger partial charge in [-0.05, 0) is 43.5 Å². The van der Waals surface area contributed by atoms with Gasteiger partial charge in [0.1, 0.15) is 0 Å². The number of unbranched alkanes of at least 4 members (excludes halogenated alkanes) is 1. The van der Waals surface area contributed by atoms with Crippen LogP contribution in [-0.4, -0.2) is 25.7 Å². The highest BCUT2D eigenvalue weighted by Crippen LogP contribution is 2.25. The molecule has 0 aliphatic heterocycles. The molecule has 0 amide bonds. The summed E-state index contributed by atoms with van der Waals surface area (Å²) in [4.78, 5) is 0. The van der Waals surface area contributed by atoms with Crippen molar-refractivity contribution in [3.63, 3.8) is 0 Å². The first-order valence-electron chi connectivity index (χ1n) is 7.81. The van der Waals surface area contributed by atoms with Gasteiger partial charge >= 0.3 is 0 Å². The van der Waals surface area contributed by atoms with Crippen LogP contribution < -0.4 is 5.32 Å². The van der Waals surface area contributed by atoms with Crippen molar-refractivity contribution in [2.75, 3.05) is 19.8 Å². The van der Waals surface area contributed by atoms with Crippen LogP contribution in [0.4, 0.5) is 22.0 Å².